The van der Waals surface area contributed by atoms with Crippen molar-refractivity contribution in [1.82, 2.24) is 5.15 Å². The lowest BCUT2D eigenvalue weighted by atomic mass is 11.7. The van der Waals surface area contributed by atoms with Gasteiger partial charge in [0.25, 0.3) is 0 Å². The number of hydrogen-bond donors (Lipinski definition) is 2. The van der Waals surface area contributed by atoms with E-state index in [1.165, 1.54) is 0 Å². The highest BCUT2D eigenvalue weighted by atomic mass is 28.2. The van der Waals surface area contributed by atoms with E-state index in [0.717, 1.165) is 0 Å². The highest BCUT2D eigenvalue weighted by Crippen LogP contribution is 1.35. The first kappa shape index (κ1) is 5.10. The third kappa shape index (κ3) is 4.10. The molecule has 0 spiro atoms. The van der Waals surface area contributed by atoms with Crippen LogP contribution in [0.1, 0.15) is 0 Å². The van der Waals surface area contributed by atoms with E-state index >= 15 is 0 Å². The van der Waals surface area contributed by atoms with Crippen LogP contribution in [-0.4, -0.2) is 17.0 Å². The summed E-state index contributed by atoms with van der Waals surface area (Å²) >= 11 is 0. The molecule has 0 fully saturated rings. The molecule has 3 nitrogen and oxygen atoms in total. The van der Waals surface area contributed by atoms with Gasteiger partial charge in [0.2, 0.25) is 0 Å². The lowest BCUT2D eigenvalue weighted by Crippen LogP contribution is -2.25. The zero-order chi connectivity index (χ0) is 4.12. The smallest absolute Gasteiger partial charge is 0.192 e. The molecule has 0 aromatic rings. The molecule has 0 aliphatic heterocycles. The largest absolute Gasteiger partial charge is 0.343 e. The number of nitrogens with two attached hydrogens (primary N) is 1. The van der Waals surface area contributed by atoms with Gasteiger partial charge in [0.05, 0.1) is 7.11 Å². The van der Waals surface area contributed by atoms with Crippen LogP contribution in [-0.2, 0) is 4.84 Å². The van der Waals surface area contributed by atoms with Crippen LogP contribution in [0.25, 0.3) is 0 Å². The normalized spacial score (nSPS) is 10.8. The second-order valence-electron chi connectivity index (χ2n) is 0.553. The summed E-state index contributed by atoms with van der Waals surface area (Å²) < 4.78 is 0. The molecule has 0 radical (unpaired) electrons. The van der Waals surface area contributed by atoms with E-state index in [9.17, 15) is 0 Å². The van der Waals surface area contributed by atoms with Gasteiger partial charge in [-0.3, -0.25) is 0 Å². The average Bonchev–Trinajstić information content (AvgIpc) is 1.41. The fourth-order valence-electron chi connectivity index (χ4n) is 0.0833. The van der Waals surface area contributed by atoms with Crippen molar-refractivity contribution in [2.45, 2.75) is 0 Å². The van der Waals surface area contributed by atoms with Crippen LogP contribution >= 0.6 is 0 Å². The predicted octanol–water partition coefficient (Wildman–Crippen LogP) is -1.91. The second kappa shape index (κ2) is 4.10. The molecule has 0 saturated carbocycles. The van der Waals surface area contributed by atoms with E-state index in [2.05, 4.69) is 9.98 Å². The summed E-state index contributed by atoms with van der Waals surface area (Å²) in [5.41, 5.74) is 0. The SMILES string of the molecule is CON[SiH2]N. The Bertz CT molecular complexity index is 17.1. The molecule has 0 aliphatic carbocycles. The third-order valence-corrected chi connectivity index (χ3v) is 0.683. The Morgan fingerprint density at radius 3 is 2.60 bits per heavy atom. The van der Waals surface area contributed by atoms with Gasteiger partial charge in [0.1, 0.15) is 0 Å². The fraction of sp³-hybridized carbons (Fsp3) is 1.00. The molecule has 0 atom stereocenters. The summed E-state index contributed by atoms with van der Waals surface area (Å²) in [6.07, 6.45) is 0. The average molecular weight is 92.2 g/mol. The Balaban J connectivity index is 2.19. The molecule has 0 bridgehead atoms. The molecule has 0 aromatic heterocycles. The summed E-state index contributed by atoms with van der Waals surface area (Å²) in [5, 5.41) is 7.57. The molecule has 0 heterocycles. The van der Waals surface area contributed by atoms with Crippen LogP contribution in [0, 0.1) is 0 Å². The van der Waals surface area contributed by atoms with Gasteiger partial charge in [-0.15, -0.1) is 0 Å². The summed E-state index contributed by atoms with van der Waals surface area (Å²) in [6, 6.07) is 0. The van der Waals surface area contributed by atoms with Crippen LogP contribution in [0.5, 0.6) is 0 Å². The van der Waals surface area contributed by atoms with Gasteiger partial charge in [0, 0.05) is 0 Å². The van der Waals surface area contributed by atoms with Crippen molar-refractivity contribution in [2.24, 2.45) is 5.40 Å². The number of rotatable bonds is 2. The highest BCUT2D eigenvalue weighted by Gasteiger charge is 1.63. The number of nitrogens with one attached hydrogen (secondary N) is 1. The van der Waals surface area contributed by atoms with Gasteiger partial charge in [0.15, 0.2) is 9.84 Å². The van der Waals surface area contributed by atoms with Crippen molar-refractivity contribution in [3.05, 3.63) is 0 Å². The van der Waals surface area contributed by atoms with Crippen molar-refractivity contribution < 1.29 is 4.84 Å². The Labute approximate surface area is 33.4 Å². The fourth-order valence-corrected chi connectivity index (χ4v) is 0.250. The molecule has 0 saturated heterocycles. The van der Waals surface area contributed by atoms with E-state index in [4.69, 9.17) is 5.40 Å². The van der Waals surface area contributed by atoms with Gasteiger partial charge < -0.3 is 10.2 Å². The molecule has 0 rings (SSSR count). The van der Waals surface area contributed by atoms with E-state index in [0.29, 0.717) is 0 Å². The predicted molar refractivity (Wildman–Crippen MR) is 22.9 cm³/mol. The Morgan fingerprint density at radius 1 is 2.00 bits per heavy atom. The second-order valence-corrected chi connectivity index (χ2v) is 1.25. The minimum Gasteiger partial charge on any atom is -0.343 e. The standard InChI is InChI=1S/CH8N2OSi/c1-4-3-5-2/h3H,2,5H2,1H3. The van der Waals surface area contributed by atoms with Crippen molar-refractivity contribution in [2.75, 3.05) is 7.11 Å². The van der Waals surface area contributed by atoms with Crippen LogP contribution < -0.4 is 10.5 Å². The molecule has 0 amide bonds. The molecule has 0 aliphatic rings. The van der Waals surface area contributed by atoms with Gasteiger partial charge >= 0.3 is 0 Å². The summed E-state index contributed by atoms with van der Waals surface area (Å²) in [6.45, 7) is 0. The molecule has 3 N–H and O–H groups in total. The summed E-state index contributed by atoms with van der Waals surface area (Å²) in [5.74, 6) is 0. The first-order chi connectivity index (χ1) is 2.41. The maximum atomic E-state index is 5.04. The Kier molecular flexibility index (Phi) is 4.18. The molecule has 32 valence electrons. The van der Waals surface area contributed by atoms with Crippen molar-refractivity contribution in [1.29, 1.82) is 0 Å². The molecular weight excluding hydrogens is 84.1 g/mol. The third-order valence-electron chi connectivity index (χ3n) is 0.228. The number of hydrogen-bond acceptors (Lipinski definition) is 3. The molecular formula is CH8N2OSi. The molecule has 5 heavy (non-hydrogen) atoms. The van der Waals surface area contributed by atoms with E-state index in [1.54, 1.807) is 7.11 Å². The Morgan fingerprint density at radius 2 is 2.60 bits per heavy atom. The lowest BCUT2D eigenvalue weighted by Gasteiger charge is -1.88. The zero-order valence-corrected chi connectivity index (χ0v) is 4.61. The van der Waals surface area contributed by atoms with Crippen molar-refractivity contribution >= 4 is 9.84 Å². The van der Waals surface area contributed by atoms with E-state index in [1.807, 2.05) is 0 Å². The minimum atomic E-state index is -0.558. The van der Waals surface area contributed by atoms with Crippen LogP contribution in [0.4, 0.5) is 0 Å². The molecule has 0 unspecified atom stereocenters. The molecule has 0 aromatic carbocycles. The minimum absolute atomic E-state index is 0.558. The van der Waals surface area contributed by atoms with Crippen molar-refractivity contribution in [3.8, 4) is 0 Å². The Hall–Kier alpha value is 0.0969. The van der Waals surface area contributed by atoms with E-state index in [-0.39, 0.29) is 0 Å². The van der Waals surface area contributed by atoms with Crippen LogP contribution in [0.3, 0.4) is 0 Å². The topological polar surface area (TPSA) is 47.3 Å². The van der Waals surface area contributed by atoms with Gasteiger partial charge in [-0.05, 0) is 0 Å². The zero-order valence-electron chi connectivity index (χ0n) is 3.19. The first-order valence-electron chi connectivity index (χ1n) is 1.37. The summed E-state index contributed by atoms with van der Waals surface area (Å²) in [7, 11) is 0.997. The monoisotopic (exact) mass is 92.0 g/mol. The van der Waals surface area contributed by atoms with Gasteiger partial charge in [-0.1, -0.05) is 0 Å². The van der Waals surface area contributed by atoms with Gasteiger partial charge in [-0.25, -0.2) is 5.15 Å². The van der Waals surface area contributed by atoms with Crippen molar-refractivity contribution in [3.63, 3.8) is 0 Å². The van der Waals surface area contributed by atoms with Crippen LogP contribution in [0.2, 0.25) is 0 Å². The lowest BCUT2D eigenvalue weighted by molar-refractivity contribution is 0.153. The summed E-state index contributed by atoms with van der Waals surface area (Å²) in [4.78, 5) is 4.38. The maximum Gasteiger partial charge on any atom is 0.192 e. The van der Waals surface area contributed by atoms with Crippen LogP contribution in [0.15, 0.2) is 0 Å². The highest BCUT2D eigenvalue weighted by molar-refractivity contribution is 6.26. The quantitative estimate of drug-likeness (QED) is 0.309. The van der Waals surface area contributed by atoms with E-state index < -0.39 is 9.84 Å². The van der Waals surface area contributed by atoms with Gasteiger partial charge in [-0.2, -0.15) is 0 Å². The first-order valence-corrected chi connectivity index (χ1v) is 2.90. The maximum absolute atomic E-state index is 5.04. The molecule has 4 heteroatoms.